The van der Waals surface area contributed by atoms with E-state index < -0.39 is 6.16 Å². The molecule has 150 valence electrons. The van der Waals surface area contributed by atoms with E-state index in [1.165, 1.54) is 108 Å². The molecule has 3 N–H and O–H groups in total. The van der Waals surface area contributed by atoms with Crippen LogP contribution in [-0.2, 0) is 0 Å². The summed E-state index contributed by atoms with van der Waals surface area (Å²) in [4.78, 5) is 8.56. The van der Waals surface area contributed by atoms with E-state index in [4.69, 9.17) is 20.1 Å². The molecule has 1 heterocycles. The average Bonchev–Trinajstić information content (AvgIpc) is 2.70. The zero-order chi connectivity index (χ0) is 18.9. The SMILES string of the molecule is C1=C(/C2=N\NCCCCCCCC2)CCCCCCCCC/1.O=C(O)O. The highest BCUT2D eigenvalue weighted by Gasteiger charge is 2.09. The first kappa shape index (κ1) is 22.5. The van der Waals surface area contributed by atoms with E-state index in [-0.39, 0.29) is 0 Å². The smallest absolute Gasteiger partial charge is 0.450 e. The monoisotopic (exact) mass is 366 g/mol. The number of hydrogen-bond acceptors (Lipinski definition) is 3. The van der Waals surface area contributed by atoms with Crippen molar-refractivity contribution in [1.82, 2.24) is 5.43 Å². The summed E-state index contributed by atoms with van der Waals surface area (Å²) in [5, 5.41) is 18.7. The number of hydrogen-bond donors (Lipinski definition) is 3. The predicted octanol–water partition coefficient (Wildman–Crippen LogP) is 6.35. The fourth-order valence-electron chi connectivity index (χ4n) is 3.63. The zero-order valence-corrected chi connectivity index (χ0v) is 16.3. The summed E-state index contributed by atoms with van der Waals surface area (Å²) in [5.74, 6) is 0. The van der Waals surface area contributed by atoms with Crippen LogP contribution in [0.15, 0.2) is 16.8 Å². The number of carbonyl (C=O) groups is 1. The second-order valence-electron chi connectivity index (χ2n) is 7.36. The Morgan fingerprint density at radius 2 is 1.27 bits per heavy atom. The lowest BCUT2D eigenvalue weighted by molar-refractivity contribution is 0.137. The minimum atomic E-state index is -1.83. The lowest BCUT2D eigenvalue weighted by atomic mass is 9.97. The molecule has 26 heavy (non-hydrogen) atoms. The van der Waals surface area contributed by atoms with E-state index >= 15 is 0 Å². The number of nitrogens with one attached hydrogen (secondary N) is 1. The third kappa shape index (κ3) is 12.8. The van der Waals surface area contributed by atoms with Crippen LogP contribution in [0.3, 0.4) is 0 Å². The van der Waals surface area contributed by atoms with Gasteiger partial charge in [0.15, 0.2) is 0 Å². The molecule has 0 atom stereocenters. The molecule has 0 aromatic rings. The van der Waals surface area contributed by atoms with Gasteiger partial charge in [0.05, 0.1) is 5.71 Å². The van der Waals surface area contributed by atoms with Gasteiger partial charge in [0.1, 0.15) is 0 Å². The quantitative estimate of drug-likeness (QED) is 0.505. The Kier molecular flexibility index (Phi) is 13.6. The van der Waals surface area contributed by atoms with E-state index in [9.17, 15) is 0 Å². The van der Waals surface area contributed by atoms with Crippen LogP contribution in [0.5, 0.6) is 0 Å². The number of carboxylic acid groups (broad SMARTS) is 2. The number of hydrazone groups is 1. The standard InChI is InChI=1S/C20H36N2.CH2O3/c1-2-4-8-12-16-19(15-11-7-3-1)20-17-13-9-5-6-10-14-18-21-22-20;2-1(3)4/h15,21H,1-14,16-18H2;(H2,2,3,4)/b19-15+,22-20-;. The number of nitrogens with zero attached hydrogens (tertiary/aromatic N) is 1. The largest absolute Gasteiger partial charge is 0.503 e. The van der Waals surface area contributed by atoms with Gasteiger partial charge in [-0.1, -0.05) is 63.9 Å². The highest BCUT2D eigenvalue weighted by atomic mass is 16.6. The van der Waals surface area contributed by atoms with Gasteiger partial charge in [0.25, 0.3) is 0 Å². The highest BCUT2D eigenvalue weighted by Crippen LogP contribution is 2.20. The summed E-state index contributed by atoms with van der Waals surface area (Å²) in [6, 6.07) is 0. The van der Waals surface area contributed by atoms with Crippen molar-refractivity contribution in [2.75, 3.05) is 6.54 Å². The van der Waals surface area contributed by atoms with Crippen LogP contribution in [-0.4, -0.2) is 28.6 Å². The van der Waals surface area contributed by atoms with Gasteiger partial charge in [0, 0.05) is 6.54 Å². The Labute approximate surface area is 159 Å². The van der Waals surface area contributed by atoms with Gasteiger partial charge in [-0.2, -0.15) is 5.10 Å². The molecule has 0 aromatic carbocycles. The Morgan fingerprint density at radius 3 is 1.92 bits per heavy atom. The summed E-state index contributed by atoms with van der Waals surface area (Å²) < 4.78 is 0. The molecule has 0 amide bonds. The first-order valence-electron chi connectivity index (χ1n) is 10.6. The molecule has 5 nitrogen and oxygen atoms in total. The lowest BCUT2D eigenvalue weighted by Gasteiger charge is -2.12. The molecule has 0 spiro atoms. The summed E-state index contributed by atoms with van der Waals surface area (Å²) in [6.45, 7) is 1.05. The van der Waals surface area contributed by atoms with Gasteiger partial charge in [-0.3, -0.25) is 0 Å². The Morgan fingerprint density at radius 1 is 0.769 bits per heavy atom. The lowest BCUT2D eigenvalue weighted by Crippen LogP contribution is -2.14. The van der Waals surface area contributed by atoms with Crippen molar-refractivity contribution in [1.29, 1.82) is 0 Å². The maximum absolute atomic E-state index is 8.56. The third-order valence-corrected chi connectivity index (χ3v) is 5.08. The minimum Gasteiger partial charge on any atom is -0.450 e. The molecular formula is C21H38N2O3. The van der Waals surface area contributed by atoms with Gasteiger partial charge in [0.2, 0.25) is 0 Å². The fraction of sp³-hybridized carbons (Fsp3) is 0.810. The predicted molar refractivity (Wildman–Crippen MR) is 108 cm³/mol. The summed E-state index contributed by atoms with van der Waals surface area (Å²) in [5.41, 5.74) is 6.29. The Bertz CT molecular complexity index is 395. The van der Waals surface area contributed by atoms with Gasteiger partial charge >= 0.3 is 6.16 Å². The molecule has 0 fully saturated rings. The highest BCUT2D eigenvalue weighted by molar-refractivity contribution is 5.99. The topological polar surface area (TPSA) is 81.9 Å². The molecule has 2 rings (SSSR count). The molecule has 2 aliphatic rings. The molecule has 5 heteroatoms. The van der Waals surface area contributed by atoms with Crippen molar-refractivity contribution < 1.29 is 15.0 Å². The number of allylic oxidation sites excluding steroid dienone is 2. The van der Waals surface area contributed by atoms with Crippen molar-refractivity contribution in [2.24, 2.45) is 5.10 Å². The van der Waals surface area contributed by atoms with Crippen LogP contribution in [0.1, 0.15) is 103 Å². The first-order chi connectivity index (χ1) is 12.7. The van der Waals surface area contributed by atoms with Gasteiger partial charge in [-0.25, -0.2) is 4.79 Å². The van der Waals surface area contributed by atoms with Crippen LogP contribution in [0.2, 0.25) is 0 Å². The van der Waals surface area contributed by atoms with Gasteiger partial charge < -0.3 is 15.6 Å². The van der Waals surface area contributed by atoms with E-state index in [2.05, 4.69) is 11.5 Å². The summed E-state index contributed by atoms with van der Waals surface area (Å²) in [7, 11) is 0. The Hall–Kier alpha value is -1.52. The van der Waals surface area contributed by atoms with Crippen LogP contribution in [0, 0.1) is 0 Å². The molecule has 1 aliphatic carbocycles. The molecule has 0 saturated heterocycles. The third-order valence-electron chi connectivity index (χ3n) is 5.08. The summed E-state index contributed by atoms with van der Waals surface area (Å²) in [6.07, 6.45) is 22.4. The van der Waals surface area contributed by atoms with Crippen molar-refractivity contribution in [2.45, 2.75) is 103 Å². The van der Waals surface area contributed by atoms with Crippen LogP contribution in [0.4, 0.5) is 4.79 Å². The van der Waals surface area contributed by atoms with Crippen molar-refractivity contribution >= 4 is 11.9 Å². The second-order valence-corrected chi connectivity index (χ2v) is 7.36. The average molecular weight is 367 g/mol. The maximum atomic E-state index is 8.56. The van der Waals surface area contributed by atoms with Crippen molar-refractivity contribution in [3.8, 4) is 0 Å². The molecule has 0 bridgehead atoms. The summed E-state index contributed by atoms with van der Waals surface area (Å²) >= 11 is 0. The van der Waals surface area contributed by atoms with Crippen LogP contribution in [0.25, 0.3) is 0 Å². The minimum absolute atomic E-state index is 1.05. The maximum Gasteiger partial charge on any atom is 0.503 e. The van der Waals surface area contributed by atoms with E-state index in [0.717, 1.165) is 6.54 Å². The molecule has 0 unspecified atom stereocenters. The fourth-order valence-corrected chi connectivity index (χ4v) is 3.63. The first-order valence-corrected chi connectivity index (χ1v) is 10.6. The van der Waals surface area contributed by atoms with E-state index in [1.807, 2.05) is 0 Å². The second kappa shape index (κ2) is 15.7. The molecule has 0 saturated carbocycles. The molecular weight excluding hydrogens is 328 g/mol. The zero-order valence-electron chi connectivity index (χ0n) is 16.3. The van der Waals surface area contributed by atoms with Crippen molar-refractivity contribution in [3.63, 3.8) is 0 Å². The Balaban J connectivity index is 0.000000765. The van der Waals surface area contributed by atoms with E-state index in [1.54, 1.807) is 5.57 Å². The van der Waals surface area contributed by atoms with Crippen LogP contribution >= 0.6 is 0 Å². The van der Waals surface area contributed by atoms with Crippen LogP contribution < -0.4 is 5.43 Å². The van der Waals surface area contributed by atoms with Crippen molar-refractivity contribution in [3.05, 3.63) is 11.6 Å². The van der Waals surface area contributed by atoms with Gasteiger partial charge in [-0.15, -0.1) is 0 Å². The molecule has 0 aromatic heterocycles. The van der Waals surface area contributed by atoms with Gasteiger partial charge in [-0.05, 0) is 50.5 Å². The molecule has 1 aliphatic heterocycles. The normalized spacial score (nSPS) is 25.2. The number of rotatable bonds is 1. The van der Waals surface area contributed by atoms with E-state index in [0.29, 0.717) is 0 Å². The molecule has 0 radical (unpaired) electrons.